The zero-order valence-electron chi connectivity index (χ0n) is 13.1. The van der Waals surface area contributed by atoms with Crippen LogP contribution >= 0.6 is 23.2 Å². The molecule has 3 N–H and O–H groups in total. The van der Waals surface area contributed by atoms with Gasteiger partial charge in [0.15, 0.2) is 0 Å². The molecular formula is C17H12Cl2N4O3. The van der Waals surface area contributed by atoms with Gasteiger partial charge in [-0.15, -0.1) is 0 Å². The van der Waals surface area contributed by atoms with Gasteiger partial charge in [0.05, 0.1) is 28.0 Å². The standard InChI is InChI=1S/C17H12Cl2N4O3/c18-11-5-6-15(24)12(7-11)17(26)22-21-16(25)10-8-20-23(9-10)14-4-2-1-3-13(14)19/h1-9,24H,(H,21,25)(H,22,26). The van der Waals surface area contributed by atoms with Crippen molar-refractivity contribution in [2.45, 2.75) is 0 Å². The fourth-order valence-electron chi connectivity index (χ4n) is 2.15. The van der Waals surface area contributed by atoms with Gasteiger partial charge in [-0.1, -0.05) is 35.3 Å². The Hall–Kier alpha value is -3.03. The van der Waals surface area contributed by atoms with E-state index in [0.29, 0.717) is 10.7 Å². The first-order chi connectivity index (χ1) is 12.5. The summed E-state index contributed by atoms with van der Waals surface area (Å²) in [4.78, 5) is 24.2. The highest BCUT2D eigenvalue weighted by molar-refractivity contribution is 6.32. The molecule has 0 unspecified atom stereocenters. The first-order valence-corrected chi connectivity index (χ1v) is 8.10. The number of phenols is 1. The highest BCUT2D eigenvalue weighted by atomic mass is 35.5. The molecule has 0 atom stereocenters. The predicted octanol–water partition coefficient (Wildman–Crippen LogP) is 2.96. The van der Waals surface area contributed by atoms with E-state index in [1.807, 2.05) is 0 Å². The van der Waals surface area contributed by atoms with Gasteiger partial charge in [0, 0.05) is 11.2 Å². The third-order valence-electron chi connectivity index (χ3n) is 3.44. The van der Waals surface area contributed by atoms with E-state index < -0.39 is 11.8 Å². The van der Waals surface area contributed by atoms with E-state index in [-0.39, 0.29) is 21.9 Å². The smallest absolute Gasteiger partial charge is 0.273 e. The number of hydrogen-bond donors (Lipinski definition) is 3. The fraction of sp³-hybridized carbons (Fsp3) is 0. The van der Waals surface area contributed by atoms with Gasteiger partial charge in [-0.25, -0.2) is 4.68 Å². The molecule has 3 aromatic rings. The average molecular weight is 391 g/mol. The molecule has 1 heterocycles. The molecule has 0 fully saturated rings. The number of rotatable bonds is 3. The van der Waals surface area contributed by atoms with Crippen molar-refractivity contribution in [3.8, 4) is 11.4 Å². The monoisotopic (exact) mass is 390 g/mol. The van der Waals surface area contributed by atoms with Crippen LogP contribution in [0.5, 0.6) is 5.75 Å². The number of carbonyl (C=O) groups excluding carboxylic acids is 2. The lowest BCUT2D eigenvalue weighted by atomic mass is 10.2. The highest BCUT2D eigenvalue weighted by Gasteiger charge is 2.15. The van der Waals surface area contributed by atoms with Gasteiger partial charge in [-0.3, -0.25) is 20.4 Å². The summed E-state index contributed by atoms with van der Waals surface area (Å²) < 4.78 is 1.45. The van der Waals surface area contributed by atoms with Gasteiger partial charge < -0.3 is 5.11 Å². The van der Waals surface area contributed by atoms with Crippen molar-refractivity contribution in [2.75, 3.05) is 0 Å². The highest BCUT2D eigenvalue weighted by Crippen LogP contribution is 2.21. The number of aromatic nitrogens is 2. The second-order valence-electron chi connectivity index (χ2n) is 5.19. The lowest BCUT2D eigenvalue weighted by Crippen LogP contribution is -2.41. The first-order valence-electron chi connectivity index (χ1n) is 7.34. The number of benzene rings is 2. The Morgan fingerprint density at radius 1 is 1.04 bits per heavy atom. The van der Waals surface area contributed by atoms with Crippen LogP contribution in [0.4, 0.5) is 0 Å². The summed E-state index contributed by atoms with van der Waals surface area (Å²) in [5.74, 6) is -1.55. The number of halogens is 2. The molecule has 2 amide bonds. The van der Waals surface area contributed by atoms with Gasteiger partial charge in [-0.2, -0.15) is 5.10 Å². The molecule has 0 bridgehead atoms. The van der Waals surface area contributed by atoms with Crippen molar-refractivity contribution in [3.05, 3.63) is 76.0 Å². The Morgan fingerprint density at radius 2 is 1.77 bits per heavy atom. The van der Waals surface area contributed by atoms with E-state index in [4.69, 9.17) is 23.2 Å². The van der Waals surface area contributed by atoms with E-state index >= 15 is 0 Å². The molecular weight excluding hydrogens is 379 g/mol. The first kappa shape index (κ1) is 17.8. The Morgan fingerprint density at radius 3 is 2.54 bits per heavy atom. The Kier molecular flexibility index (Phi) is 5.11. The summed E-state index contributed by atoms with van der Waals surface area (Å²) in [7, 11) is 0. The number of carbonyl (C=O) groups is 2. The summed E-state index contributed by atoms with van der Waals surface area (Å²) >= 11 is 11.9. The minimum atomic E-state index is -0.711. The van der Waals surface area contributed by atoms with Crippen molar-refractivity contribution in [3.63, 3.8) is 0 Å². The number of hydrazine groups is 1. The maximum absolute atomic E-state index is 12.2. The normalized spacial score (nSPS) is 10.4. The van der Waals surface area contributed by atoms with Crippen LogP contribution in [0.15, 0.2) is 54.9 Å². The van der Waals surface area contributed by atoms with E-state index in [0.717, 1.165) is 0 Å². The summed E-state index contributed by atoms with van der Waals surface area (Å²) in [6, 6.07) is 11.0. The molecule has 1 aromatic heterocycles. The second kappa shape index (κ2) is 7.47. The van der Waals surface area contributed by atoms with Crippen molar-refractivity contribution in [1.29, 1.82) is 0 Å². The van der Waals surface area contributed by atoms with Crippen LogP contribution in [-0.4, -0.2) is 26.7 Å². The van der Waals surface area contributed by atoms with Crippen molar-refractivity contribution < 1.29 is 14.7 Å². The predicted molar refractivity (Wildman–Crippen MR) is 96.6 cm³/mol. The average Bonchev–Trinajstić information content (AvgIpc) is 3.11. The van der Waals surface area contributed by atoms with Crippen LogP contribution in [0.1, 0.15) is 20.7 Å². The molecule has 2 aromatic carbocycles. The summed E-state index contributed by atoms with van der Waals surface area (Å²) in [5.41, 5.74) is 5.21. The van der Waals surface area contributed by atoms with Crippen molar-refractivity contribution in [1.82, 2.24) is 20.6 Å². The Balaban J connectivity index is 1.68. The molecule has 3 rings (SSSR count). The molecule has 0 aliphatic heterocycles. The van der Waals surface area contributed by atoms with Crippen LogP contribution in [0, 0.1) is 0 Å². The zero-order valence-corrected chi connectivity index (χ0v) is 14.6. The number of hydrogen-bond acceptors (Lipinski definition) is 4. The van der Waals surface area contributed by atoms with Crippen molar-refractivity contribution >= 4 is 35.0 Å². The number of nitrogens with zero attached hydrogens (tertiary/aromatic N) is 2. The molecule has 26 heavy (non-hydrogen) atoms. The number of para-hydroxylation sites is 1. The maximum atomic E-state index is 12.2. The van der Waals surface area contributed by atoms with Crippen LogP contribution < -0.4 is 10.9 Å². The molecule has 7 nitrogen and oxygen atoms in total. The van der Waals surface area contributed by atoms with Gasteiger partial charge >= 0.3 is 0 Å². The number of phenolic OH excluding ortho intramolecular Hbond substituents is 1. The summed E-state index contributed by atoms with van der Waals surface area (Å²) in [6.07, 6.45) is 2.81. The largest absolute Gasteiger partial charge is 0.507 e. The summed E-state index contributed by atoms with van der Waals surface area (Å²) in [5, 5.41) is 14.5. The van der Waals surface area contributed by atoms with E-state index in [2.05, 4.69) is 16.0 Å². The minimum Gasteiger partial charge on any atom is -0.507 e. The quantitative estimate of drug-likeness (QED) is 0.598. The van der Waals surface area contributed by atoms with Crippen LogP contribution in [0.2, 0.25) is 10.0 Å². The van der Waals surface area contributed by atoms with Crippen LogP contribution in [0.3, 0.4) is 0 Å². The lowest BCUT2D eigenvalue weighted by molar-refractivity contribution is 0.0845. The van der Waals surface area contributed by atoms with Gasteiger partial charge in [0.25, 0.3) is 11.8 Å². The zero-order chi connectivity index (χ0) is 18.7. The lowest BCUT2D eigenvalue weighted by Gasteiger charge is -2.08. The molecule has 132 valence electrons. The number of amides is 2. The molecule has 0 aliphatic rings. The van der Waals surface area contributed by atoms with Crippen molar-refractivity contribution in [2.24, 2.45) is 0 Å². The minimum absolute atomic E-state index is 0.0652. The van der Waals surface area contributed by atoms with E-state index in [9.17, 15) is 14.7 Å². The van der Waals surface area contributed by atoms with E-state index in [1.165, 1.54) is 35.3 Å². The topological polar surface area (TPSA) is 96.2 Å². The van der Waals surface area contributed by atoms with Crippen LogP contribution in [0.25, 0.3) is 5.69 Å². The fourth-order valence-corrected chi connectivity index (χ4v) is 2.55. The molecule has 0 saturated carbocycles. The van der Waals surface area contributed by atoms with Gasteiger partial charge in [0.2, 0.25) is 0 Å². The van der Waals surface area contributed by atoms with E-state index in [1.54, 1.807) is 24.3 Å². The van der Waals surface area contributed by atoms with Crippen LogP contribution in [-0.2, 0) is 0 Å². The second-order valence-corrected chi connectivity index (χ2v) is 6.04. The Bertz CT molecular complexity index is 988. The molecule has 0 saturated heterocycles. The number of aromatic hydroxyl groups is 1. The molecule has 0 aliphatic carbocycles. The SMILES string of the molecule is O=C(NNC(=O)c1cc(Cl)ccc1O)c1cnn(-c2ccccc2Cl)c1. The maximum Gasteiger partial charge on any atom is 0.273 e. The Labute approximate surface area is 158 Å². The summed E-state index contributed by atoms with van der Waals surface area (Å²) in [6.45, 7) is 0. The molecule has 0 radical (unpaired) electrons. The third kappa shape index (κ3) is 3.79. The third-order valence-corrected chi connectivity index (χ3v) is 3.99. The van der Waals surface area contributed by atoms with Gasteiger partial charge in [0.1, 0.15) is 5.75 Å². The number of nitrogens with one attached hydrogen (secondary N) is 2. The molecule has 9 heteroatoms. The molecule has 0 spiro atoms. The van der Waals surface area contributed by atoms with Gasteiger partial charge in [-0.05, 0) is 30.3 Å².